The molecule has 1 aliphatic heterocycles. The van der Waals surface area contributed by atoms with Gasteiger partial charge in [0.05, 0.1) is 6.54 Å². The van der Waals surface area contributed by atoms with Crippen molar-refractivity contribution in [1.29, 1.82) is 0 Å². The zero-order valence-corrected chi connectivity index (χ0v) is 15.2. The molecule has 0 radical (unpaired) electrons. The highest BCUT2D eigenvalue weighted by Crippen LogP contribution is 2.43. The molecule has 0 spiro atoms. The largest absolute Gasteiger partial charge is 0.311 e. The van der Waals surface area contributed by atoms with E-state index in [4.69, 9.17) is 0 Å². The Morgan fingerprint density at radius 1 is 1.52 bits per heavy atom. The lowest BCUT2D eigenvalue weighted by Crippen LogP contribution is -2.38. The predicted molar refractivity (Wildman–Crippen MR) is 95.1 cm³/mol. The van der Waals surface area contributed by atoms with E-state index in [9.17, 15) is 9.59 Å². The van der Waals surface area contributed by atoms with Crippen molar-refractivity contribution in [2.24, 2.45) is 5.92 Å². The summed E-state index contributed by atoms with van der Waals surface area (Å²) in [5.41, 5.74) is 1.56. The van der Waals surface area contributed by atoms with E-state index >= 15 is 0 Å². The Hall–Kier alpha value is -1.69. The second-order valence-corrected chi connectivity index (χ2v) is 7.78. The molecule has 23 heavy (non-hydrogen) atoms. The van der Waals surface area contributed by atoms with E-state index in [-0.39, 0.29) is 28.7 Å². The van der Waals surface area contributed by atoms with Gasteiger partial charge in [-0.15, -0.1) is 11.8 Å². The molecule has 1 amide bonds. The van der Waals surface area contributed by atoms with E-state index < -0.39 is 0 Å². The maximum Gasteiger partial charge on any atom is 0.266 e. The second-order valence-electron chi connectivity index (χ2n) is 6.33. The van der Waals surface area contributed by atoms with Crippen molar-refractivity contribution in [3.05, 3.63) is 45.4 Å². The third-order valence-corrected chi connectivity index (χ3v) is 5.62. The summed E-state index contributed by atoms with van der Waals surface area (Å²) in [4.78, 5) is 27.5. The lowest BCUT2D eigenvalue weighted by Gasteiger charge is -2.29. The summed E-state index contributed by atoms with van der Waals surface area (Å²) in [6, 6.07) is 1.58. The van der Waals surface area contributed by atoms with E-state index in [1.54, 1.807) is 27.5 Å². The topological polar surface area (TPSA) is 58.1 Å². The zero-order chi connectivity index (χ0) is 17.3. The predicted octanol–water partition coefficient (Wildman–Crippen LogP) is 2.97. The quantitative estimate of drug-likeness (QED) is 0.900. The minimum absolute atomic E-state index is 0.0336. The second kappa shape index (κ2) is 6.83. The molecule has 1 aromatic heterocycles. The first-order valence-electron chi connectivity index (χ1n) is 7.84. The van der Waals surface area contributed by atoms with Gasteiger partial charge >= 0.3 is 0 Å². The number of aromatic amines is 1. The van der Waals surface area contributed by atoms with E-state index in [2.05, 4.69) is 18.6 Å². The number of aromatic nitrogens is 2. The first-order chi connectivity index (χ1) is 10.7. The van der Waals surface area contributed by atoms with Crippen molar-refractivity contribution in [1.82, 2.24) is 14.7 Å². The van der Waals surface area contributed by atoms with Crippen LogP contribution in [0.25, 0.3) is 0 Å². The van der Waals surface area contributed by atoms with Crippen LogP contribution >= 0.6 is 11.8 Å². The number of amides is 1. The highest BCUT2D eigenvalue weighted by molar-refractivity contribution is 8.04. The van der Waals surface area contributed by atoms with Crippen LogP contribution in [0, 0.1) is 5.92 Å². The van der Waals surface area contributed by atoms with Crippen LogP contribution in [0.15, 0.2) is 39.8 Å². The summed E-state index contributed by atoms with van der Waals surface area (Å²) >= 11 is 1.68. The SMILES string of the molecule is C=C(C)N(C(=O)C1=C(C)SC(Cn2[nH]ccc2=O)C1C)C(C)C. The van der Waals surface area contributed by atoms with Crippen LogP contribution in [0.1, 0.15) is 34.6 Å². The van der Waals surface area contributed by atoms with Gasteiger partial charge in [0.25, 0.3) is 11.5 Å². The third-order valence-electron chi connectivity index (χ3n) is 4.18. The molecular formula is C17H25N3O2S. The Bertz CT molecular complexity index is 699. The minimum atomic E-state index is -0.0408. The van der Waals surface area contributed by atoms with Gasteiger partial charge in [0.15, 0.2) is 0 Å². The average molecular weight is 335 g/mol. The summed E-state index contributed by atoms with van der Waals surface area (Å²) in [5, 5.41) is 3.10. The third kappa shape index (κ3) is 3.47. The monoisotopic (exact) mass is 335 g/mol. The highest BCUT2D eigenvalue weighted by atomic mass is 32.2. The molecule has 2 unspecified atom stereocenters. The van der Waals surface area contributed by atoms with Crippen molar-refractivity contribution in [3.63, 3.8) is 0 Å². The number of nitrogens with one attached hydrogen (secondary N) is 1. The van der Waals surface area contributed by atoms with Crippen LogP contribution in [0.3, 0.4) is 0 Å². The number of hydrogen-bond donors (Lipinski definition) is 1. The number of carbonyl (C=O) groups is 1. The molecule has 0 bridgehead atoms. The molecule has 2 heterocycles. The minimum Gasteiger partial charge on any atom is -0.311 e. The molecule has 0 aromatic carbocycles. The maximum absolute atomic E-state index is 13.0. The van der Waals surface area contributed by atoms with E-state index in [0.717, 1.165) is 16.2 Å². The summed E-state index contributed by atoms with van der Waals surface area (Å²) in [7, 11) is 0. The molecule has 2 atom stereocenters. The molecular weight excluding hydrogens is 310 g/mol. The van der Waals surface area contributed by atoms with Crippen LogP contribution < -0.4 is 5.56 Å². The Morgan fingerprint density at radius 3 is 2.65 bits per heavy atom. The van der Waals surface area contributed by atoms with Gasteiger partial charge < -0.3 is 10.00 Å². The first-order valence-corrected chi connectivity index (χ1v) is 8.72. The molecule has 0 saturated heterocycles. The van der Waals surface area contributed by atoms with Gasteiger partial charge in [-0.25, -0.2) is 0 Å². The molecule has 2 rings (SSSR count). The van der Waals surface area contributed by atoms with Gasteiger partial charge in [-0.1, -0.05) is 13.5 Å². The Labute approximate surface area is 141 Å². The lowest BCUT2D eigenvalue weighted by atomic mass is 9.95. The number of carbonyl (C=O) groups excluding carboxylic acids is 1. The van der Waals surface area contributed by atoms with Gasteiger partial charge in [-0.05, 0) is 32.6 Å². The van der Waals surface area contributed by atoms with Crippen LogP contribution in [0.4, 0.5) is 0 Å². The van der Waals surface area contributed by atoms with E-state index in [0.29, 0.717) is 6.54 Å². The molecule has 1 N–H and O–H groups in total. The summed E-state index contributed by atoms with van der Waals surface area (Å²) in [5.74, 6) is 0.120. The highest BCUT2D eigenvalue weighted by Gasteiger charge is 2.37. The number of H-pyrrole nitrogens is 1. The van der Waals surface area contributed by atoms with Crippen molar-refractivity contribution < 1.29 is 4.79 Å². The normalized spacial score (nSPS) is 21.1. The molecule has 5 nitrogen and oxygen atoms in total. The van der Waals surface area contributed by atoms with Gasteiger partial charge in [-0.2, -0.15) is 0 Å². The van der Waals surface area contributed by atoms with Gasteiger partial charge in [-0.3, -0.25) is 14.3 Å². The Balaban J connectivity index is 2.21. The molecule has 126 valence electrons. The van der Waals surface area contributed by atoms with Crippen molar-refractivity contribution >= 4 is 17.7 Å². The number of thioether (sulfide) groups is 1. The van der Waals surface area contributed by atoms with Crippen LogP contribution in [-0.2, 0) is 11.3 Å². The molecule has 1 aromatic rings. The fraction of sp³-hybridized carbons (Fsp3) is 0.529. The van der Waals surface area contributed by atoms with Crippen LogP contribution in [0.5, 0.6) is 0 Å². The van der Waals surface area contributed by atoms with Crippen molar-refractivity contribution in [2.45, 2.75) is 52.5 Å². The van der Waals surface area contributed by atoms with E-state index in [1.165, 1.54) is 6.07 Å². The summed E-state index contributed by atoms with van der Waals surface area (Å²) in [6.45, 7) is 14.4. The fourth-order valence-corrected chi connectivity index (χ4v) is 4.51. The van der Waals surface area contributed by atoms with Gasteiger partial charge in [0.2, 0.25) is 0 Å². The molecule has 0 aliphatic carbocycles. The van der Waals surface area contributed by atoms with E-state index in [1.807, 2.05) is 27.7 Å². The van der Waals surface area contributed by atoms with Crippen LogP contribution in [-0.4, -0.2) is 31.9 Å². The molecule has 6 heteroatoms. The Morgan fingerprint density at radius 2 is 2.17 bits per heavy atom. The number of rotatable bonds is 5. The summed E-state index contributed by atoms with van der Waals surface area (Å²) < 4.78 is 1.59. The maximum atomic E-state index is 13.0. The first kappa shape index (κ1) is 17.7. The van der Waals surface area contributed by atoms with Gasteiger partial charge in [0.1, 0.15) is 0 Å². The molecule has 0 fully saturated rings. The van der Waals surface area contributed by atoms with Crippen molar-refractivity contribution in [3.8, 4) is 0 Å². The fourth-order valence-electron chi connectivity index (χ4n) is 3.09. The number of allylic oxidation sites excluding steroid dienone is 2. The van der Waals surface area contributed by atoms with Crippen LogP contribution in [0.2, 0.25) is 0 Å². The standard InChI is InChI=1S/C17H25N3O2S/c1-10(2)20(11(3)4)17(22)16-12(5)14(23-13(16)6)9-19-15(21)7-8-18-19/h7-8,11-12,14,18H,1,9H2,2-6H3. The van der Waals surface area contributed by atoms with Crippen molar-refractivity contribution in [2.75, 3.05) is 0 Å². The Kier molecular flexibility index (Phi) is 5.24. The molecule has 1 aliphatic rings. The average Bonchev–Trinajstić information content (AvgIpc) is 2.94. The number of nitrogens with zero attached hydrogens (tertiary/aromatic N) is 2. The molecule has 0 saturated carbocycles. The zero-order valence-electron chi connectivity index (χ0n) is 14.4. The number of hydrogen-bond acceptors (Lipinski definition) is 3. The summed E-state index contributed by atoms with van der Waals surface area (Å²) in [6.07, 6.45) is 1.64. The lowest BCUT2D eigenvalue weighted by molar-refractivity contribution is -0.127. The smallest absolute Gasteiger partial charge is 0.266 e. The van der Waals surface area contributed by atoms with Gasteiger partial charge in [0, 0.05) is 40.7 Å².